The number of rotatable bonds is 8. The average Bonchev–Trinajstić information content (AvgIpc) is 3.43. The lowest BCUT2D eigenvalue weighted by molar-refractivity contribution is -0.120. The summed E-state index contributed by atoms with van der Waals surface area (Å²) in [5, 5.41) is 4.99. The summed E-state index contributed by atoms with van der Waals surface area (Å²) in [6.07, 6.45) is 1.17. The predicted molar refractivity (Wildman–Crippen MR) is 120 cm³/mol. The third-order valence-electron chi connectivity index (χ3n) is 5.50. The Morgan fingerprint density at radius 3 is 2.74 bits per heavy atom. The standard InChI is InChI=1S/C23H27N3O4S/c1-15-18(25-23(30-15)21-5-4-10-31-21)13-22(27)24-7-9-26-8-6-16-11-19(28-2)20(29-3)12-17(16)14-26/h4-5,10-12H,6-9,13-14H2,1-3H3,(H,24,27). The van der Waals surface area contributed by atoms with E-state index in [1.807, 2.05) is 24.4 Å². The van der Waals surface area contributed by atoms with Crippen molar-refractivity contribution in [1.29, 1.82) is 0 Å². The highest BCUT2D eigenvalue weighted by atomic mass is 32.1. The van der Waals surface area contributed by atoms with Gasteiger partial charge in [0.2, 0.25) is 11.8 Å². The van der Waals surface area contributed by atoms with Crippen molar-refractivity contribution in [2.24, 2.45) is 0 Å². The molecule has 1 aromatic carbocycles. The fourth-order valence-corrected chi connectivity index (χ4v) is 4.45. The van der Waals surface area contributed by atoms with Gasteiger partial charge in [-0.05, 0) is 48.1 Å². The van der Waals surface area contributed by atoms with E-state index in [1.54, 1.807) is 25.6 Å². The molecule has 164 valence electrons. The van der Waals surface area contributed by atoms with Gasteiger partial charge < -0.3 is 19.2 Å². The first-order valence-corrected chi connectivity index (χ1v) is 11.2. The van der Waals surface area contributed by atoms with Crippen molar-refractivity contribution in [3.05, 3.63) is 52.2 Å². The van der Waals surface area contributed by atoms with Crippen LogP contribution in [0.5, 0.6) is 11.5 Å². The monoisotopic (exact) mass is 441 g/mol. The first-order chi connectivity index (χ1) is 15.1. The number of fused-ring (bicyclic) bond motifs is 1. The van der Waals surface area contributed by atoms with Gasteiger partial charge in [-0.15, -0.1) is 11.3 Å². The lowest BCUT2D eigenvalue weighted by atomic mass is 9.99. The predicted octanol–water partition coefficient (Wildman–Crippen LogP) is 3.45. The average molecular weight is 442 g/mol. The topological polar surface area (TPSA) is 76.8 Å². The number of hydrogen-bond acceptors (Lipinski definition) is 7. The molecule has 3 aromatic rings. The number of aromatic nitrogens is 1. The first kappa shape index (κ1) is 21.4. The van der Waals surface area contributed by atoms with Crippen molar-refractivity contribution in [3.63, 3.8) is 0 Å². The number of amides is 1. The molecule has 0 saturated carbocycles. The van der Waals surface area contributed by atoms with Crippen LogP contribution in [0.2, 0.25) is 0 Å². The quantitative estimate of drug-likeness (QED) is 0.577. The van der Waals surface area contributed by atoms with Crippen LogP contribution in [0.4, 0.5) is 0 Å². The van der Waals surface area contributed by atoms with Gasteiger partial charge in [0.15, 0.2) is 11.5 Å². The van der Waals surface area contributed by atoms with Gasteiger partial charge in [0.1, 0.15) is 5.76 Å². The molecule has 0 radical (unpaired) electrons. The molecular weight excluding hydrogens is 414 g/mol. The third-order valence-corrected chi connectivity index (χ3v) is 6.36. The summed E-state index contributed by atoms with van der Waals surface area (Å²) in [7, 11) is 3.31. The number of oxazole rings is 1. The molecule has 0 bridgehead atoms. The molecule has 2 aromatic heterocycles. The van der Waals surface area contributed by atoms with Crippen molar-refractivity contribution < 1.29 is 18.7 Å². The van der Waals surface area contributed by atoms with Gasteiger partial charge >= 0.3 is 0 Å². The van der Waals surface area contributed by atoms with E-state index < -0.39 is 0 Å². The second-order valence-electron chi connectivity index (χ2n) is 7.53. The van der Waals surface area contributed by atoms with Crippen molar-refractivity contribution in [1.82, 2.24) is 15.2 Å². The van der Waals surface area contributed by atoms with E-state index in [-0.39, 0.29) is 12.3 Å². The highest BCUT2D eigenvalue weighted by Gasteiger charge is 2.20. The molecule has 0 unspecified atom stereocenters. The van der Waals surface area contributed by atoms with Crippen molar-refractivity contribution in [2.75, 3.05) is 33.9 Å². The molecule has 8 heteroatoms. The maximum absolute atomic E-state index is 12.4. The van der Waals surface area contributed by atoms with Crippen LogP contribution in [0.25, 0.3) is 10.8 Å². The first-order valence-electron chi connectivity index (χ1n) is 10.3. The minimum Gasteiger partial charge on any atom is -0.493 e. The molecule has 7 nitrogen and oxygen atoms in total. The Kier molecular flexibility index (Phi) is 6.58. The lowest BCUT2D eigenvalue weighted by Crippen LogP contribution is -2.38. The number of methoxy groups -OCH3 is 2. The Morgan fingerprint density at radius 1 is 1.26 bits per heavy atom. The number of benzene rings is 1. The second kappa shape index (κ2) is 9.53. The largest absolute Gasteiger partial charge is 0.493 e. The van der Waals surface area contributed by atoms with Gasteiger partial charge in [-0.3, -0.25) is 9.69 Å². The Labute approximate surface area is 186 Å². The number of ether oxygens (including phenoxy) is 2. The molecule has 4 rings (SSSR count). The van der Waals surface area contributed by atoms with Crippen LogP contribution < -0.4 is 14.8 Å². The van der Waals surface area contributed by atoms with Gasteiger partial charge in [0, 0.05) is 26.2 Å². The molecule has 0 aliphatic carbocycles. The third kappa shape index (κ3) is 4.91. The summed E-state index contributed by atoms with van der Waals surface area (Å²) in [6, 6.07) is 8.04. The number of thiophene rings is 1. The zero-order chi connectivity index (χ0) is 21.8. The summed E-state index contributed by atoms with van der Waals surface area (Å²) < 4.78 is 16.6. The second-order valence-corrected chi connectivity index (χ2v) is 8.48. The SMILES string of the molecule is COc1cc2c(cc1OC)CN(CCNC(=O)Cc1nc(-c3cccs3)oc1C)CC2. The molecule has 1 N–H and O–H groups in total. The number of nitrogens with one attached hydrogen (secondary N) is 1. The molecule has 1 aliphatic rings. The fourth-order valence-electron chi connectivity index (χ4n) is 3.80. The number of carbonyl (C=O) groups is 1. The van der Waals surface area contributed by atoms with E-state index in [4.69, 9.17) is 13.9 Å². The van der Waals surface area contributed by atoms with Crippen molar-refractivity contribution >= 4 is 17.2 Å². The molecule has 1 aliphatic heterocycles. The van der Waals surface area contributed by atoms with Crippen LogP contribution in [-0.2, 0) is 24.2 Å². The maximum Gasteiger partial charge on any atom is 0.236 e. The van der Waals surface area contributed by atoms with Crippen LogP contribution in [0.15, 0.2) is 34.1 Å². The summed E-state index contributed by atoms with van der Waals surface area (Å²) >= 11 is 1.57. The summed E-state index contributed by atoms with van der Waals surface area (Å²) in [6.45, 7) is 5.01. The molecule has 0 saturated heterocycles. The molecule has 0 fully saturated rings. The van der Waals surface area contributed by atoms with Crippen molar-refractivity contribution in [3.8, 4) is 22.3 Å². The van der Waals surface area contributed by atoms with Gasteiger partial charge in [-0.2, -0.15) is 0 Å². The van der Waals surface area contributed by atoms with Gasteiger partial charge in [-0.25, -0.2) is 4.98 Å². The Morgan fingerprint density at radius 2 is 2.03 bits per heavy atom. The summed E-state index contributed by atoms with van der Waals surface area (Å²) in [5.74, 6) is 2.75. The number of nitrogens with zero attached hydrogens (tertiary/aromatic N) is 2. The maximum atomic E-state index is 12.4. The molecule has 31 heavy (non-hydrogen) atoms. The number of aryl methyl sites for hydroxylation is 1. The van der Waals surface area contributed by atoms with Crippen LogP contribution in [0.3, 0.4) is 0 Å². The van der Waals surface area contributed by atoms with Crippen LogP contribution in [0.1, 0.15) is 22.6 Å². The van der Waals surface area contributed by atoms with E-state index in [2.05, 4.69) is 27.3 Å². The molecule has 3 heterocycles. The van der Waals surface area contributed by atoms with E-state index in [1.165, 1.54) is 11.1 Å². The van der Waals surface area contributed by atoms with Gasteiger partial charge in [0.25, 0.3) is 0 Å². The van der Waals surface area contributed by atoms with E-state index in [9.17, 15) is 4.79 Å². The zero-order valence-electron chi connectivity index (χ0n) is 18.1. The summed E-state index contributed by atoms with van der Waals surface area (Å²) in [5.41, 5.74) is 3.23. The van der Waals surface area contributed by atoms with Gasteiger partial charge in [0.05, 0.1) is 31.2 Å². The number of carbonyl (C=O) groups excluding carboxylic acids is 1. The molecule has 1 amide bonds. The van der Waals surface area contributed by atoms with E-state index >= 15 is 0 Å². The molecule has 0 atom stereocenters. The Hall–Kier alpha value is -2.84. The number of hydrogen-bond donors (Lipinski definition) is 1. The highest BCUT2D eigenvalue weighted by molar-refractivity contribution is 7.13. The smallest absolute Gasteiger partial charge is 0.236 e. The normalized spacial score (nSPS) is 13.6. The molecular formula is C23H27N3O4S. The van der Waals surface area contributed by atoms with E-state index in [0.717, 1.165) is 42.4 Å². The van der Waals surface area contributed by atoms with Gasteiger partial charge in [-0.1, -0.05) is 6.07 Å². The lowest BCUT2D eigenvalue weighted by Gasteiger charge is -2.29. The molecule has 0 spiro atoms. The van der Waals surface area contributed by atoms with Crippen LogP contribution >= 0.6 is 11.3 Å². The van der Waals surface area contributed by atoms with Crippen LogP contribution in [0, 0.1) is 6.92 Å². The van der Waals surface area contributed by atoms with E-state index in [0.29, 0.717) is 23.9 Å². The fraction of sp³-hybridized carbons (Fsp3) is 0.391. The highest BCUT2D eigenvalue weighted by Crippen LogP contribution is 2.33. The Bertz CT molecular complexity index is 1050. The van der Waals surface area contributed by atoms with Crippen molar-refractivity contribution in [2.45, 2.75) is 26.3 Å². The summed E-state index contributed by atoms with van der Waals surface area (Å²) in [4.78, 5) is 20.2. The Balaban J connectivity index is 1.28. The van der Waals surface area contributed by atoms with Crippen LogP contribution in [-0.4, -0.2) is 49.6 Å². The minimum absolute atomic E-state index is 0.0436. The minimum atomic E-state index is -0.0436. The zero-order valence-corrected chi connectivity index (χ0v) is 18.9.